The Morgan fingerprint density at radius 1 is 1.20 bits per heavy atom. The normalized spacial score (nSPS) is 20.8. The molecule has 0 unspecified atom stereocenters. The molecule has 1 saturated heterocycles. The van der Waals surface area contributed by atoms with Crippen LogP contribution in [0.15, 0.2) is 55.2 Å². The van der Waals surface area contributed by atoms with Gasteiger partial charge in [0, 0.05) is 54.8 Å². The molecular formula is C22H25N5O2S. The first-order chi connectivity index (χ1) is 14.5. The molecule has 8 heteroatoms. The first kappa shape index (κ1) is 19.3. The minimum absolute atomic E-state index is 0.0902. The molecule has 1 fully saturated rings. The summed E-state index contributed by atoms with van der Waals surface area (Å²) in [7, 11) is -3.33. The zero-order chi connectivity index (χ0) is 20.7. The van der Waals surface area contributed by atoms with Gasteiger partial charge in [-0.05, 0) is 48.6 Å². The maximum atomic E-state index is 13.1. The van der Waals surface area contributed by atoms with Crippen LogP contribution >= 0.6 is 0 Å². The molecule has 1 aliphatic heterocycles. The van der Waals surface area contributed by atoms with Crippen LogP contribution < -0.4 is 0 Å². The van der Waals surface area contributed by atoms with Gasteiger partial charge in [0.05, 0.1) is 17.3 Å². The molecule has 0 saturated carbocycles. The van der Waals surface area contributed by atoms with Crippen LogP contribution in [-0.4, -0.2) is 51.1 Å². The molecule has 0 aliphatic carbocycles. The number of sulfonamides is 1. The number of hydrogen-bond acceptors (Lipinski definition) is 4. The van der Waals surface area contributed by atoms with Gasteiger partial charge in [-0.1, -0.05) is 6.92 Å². The summed E-state index contributed by atoms with van der Waals surface area (Å²) in [6, 6.07) is 7.95. The van der Waals surface area contributed by atoms with Crippen molar-refractivity contribution in [3.05, 3.63) is 60.8 Å². The molecule has 30 heavy (non-hydrogen) atoms. The van der Waals surface area contributed by atoms with Crippen LogP contribution in [0.2, 0.25) is 0 Å². The van der Waals surface area contributed by atoms with Crippen LogP contribution in [0, 0.1) is 5.92 Å². The third-order valence-electron chi connectivity index (χ3n) is 6.29. The van der Waals surface area contributed by atoms with Gasteiger partial charge in [-0.3, -0.25) is 4.98 Å². The van der Waals surface area contributed by atoms with Crippen molar-refractivity contribution in [1.29, 1.82) is 0 Å². The Hall–Kier alpha value is -2.71. The Morgan fingerprint density at radius 3 is 2.87 bits per heavy atom. The second-order valence-corrected chi connectivity index (χ2v) is 10.2. The van der Waals surface area contributed by atoms with Crippen LogP contribution in [0.25, 0.3) is 21.9 Å². The SMILES string of the molecule is C[C@@H]1CCN(S(=O)(=O)CCc2ccncc2)C[C@@H]1n1ccc2cnc3[nH]ccc3c21. The number of H-pyrrole nitrogens is 1. The number of pyridine rings is 2. The molecule has 0 aromatic carbocycles. The van der Waals surface area contributed by atoms with Crippen LogP contribution in [0.3, 0.4) is 0 Å². The van der Waals surface area contributed by atoms with Gasteiger partial charge < -0.3 is 9.55 Å². The average Bonchev–Trinajstić information content (AvgIpc) is 3.40. The first-order valence-corrected chi connectivity index (χ1v) is 11.9. The maximum absolute atomic E-state index is 13.1. The molecular weight excluding hydrogens is 398 g/mol. The molecule has 4 aromatic rings. The lowest BCUT2D eigenvalue weighted by molar-refractivity contribution is 0.205. The molecule has 0 amide bonds. The molecule has 5 heterocycles. The van der Waals surface area contributed by atoms with E-state index in [4.69, 9.17) is 0 Å². The van der Waals surface area contributed by atoms with Crippen molar-refractivity contribution >= 4 is 32.0 Å². The first-order valence-electron chi connectivity index (χ1n) is 10.3. The molecule has 1 N–H and O–H groups in total. The number of piperidine rings is 1. The van der Waals surface area contributed by atoms with Gasteiger partial charge in [0.15, 0.2) is 0 Å². The summed E-state index contributed by atoms with van der Waals surface area (Å²) in [5, 5.41) is 2.15. The number of fused-ring (bicyclic) bond motifs is 3. The Kier molecular flexibility index (Phi) is 4.83. The Balaban J connectivity index is 1.43. The zero-order valence-corrected chi connectivity index (χ0v) is 17.7. The molecule has 0 bridgehead atoms. The topological polar surface area (TPSA) is 83.9 Å². The van der Waals surface area contributed by atoms with Crippen molar-refractivity contribution in [2.75, 3.05) is 18.8 Å². The van der Waals surface area contributed by atoms with Crippen LogP contribution in [-0.2, 0) is 16.4 Å². The average molecular weight is 424 g/mol. The highest BCUT2D eigenvalue weighted by Crippen LogP contribution is 2.34. The Bertz CT molecular complexity index is 1280. The maximum Gasteiger partial charge on any atom is 0.214 e. The lowest BCUT2D eigenvalue weighted by Crippen LogP contribution is -2.44. The fraction of sp³-hybridized carbons (Fsp3) is 0.364. The highest BCUT2D eigenvalue weighted by Gasteiger charge is 2.34. The van der Waals surface area contributed by atoms with E-state index in [0.29, 0.717) is 25.4 Å². The third kappa shape index (κ3) is 3.40. The number of aromatic amines is 1. The monoisotopic (exact) mass is 423 g/mol. The van der Waals surface area contributed by atoms with E-state index in [-0.39, 0.29) is 11.8 Å². The molecule has 7 nitrogen and oxygen atoms in total. The second-order valence-electron chi connectivity index (χ2n) is 8.14. The number of aromatic nitrogens is 4. The van der Waals surface area contributed by atoms with Crippen molar-refractivity contribution in [3.63, 3.8) is 0 Å². The van der Waals surface area contributed by atoms with E-state index in [1.54, 1.807) is 16.7 Å². The summed E-state index contributed by atoms with van der Waals surface area (Å²) >= 11 is 0. The van der Waals surface area contributed by atoms with Gasteiger partial charge in [-0.15, -0.1) is 0 Å². The van der Waals surface area contributed by atoms with Gasteiger partial charge in [-0.25, -0.2) is 13.4 Å². The van der Waals surface area contributed by atoms with E-state index >= 15 is 0 Å². The quantitative estimate of drug-likeness (QED) is 0.533. The van der Waals surface area contributed by atoms with Gasteiger partial charge in [0.1, 0.15) is 5.65 Å². The summed E-state index contributed by atoms with van der Waals surface area (Å²) in [6.07, 6.45) is 10.6. The number of hydrogen-bond donors (Lipinski definition) is 1. The fourth-order valence-corrected chi connectivity index (χ4v) is 6.01. The minimum Gasteiger partial charge on any atom is -0.346 e. The fourth-order valence-electron chi connectivity index (χ4n) is 4.49. The van der Waals surface area contributed by atoms with Gasteiger partial charge in [-0.2, -0.15) is 4.31 Å². The summed E-state index contributed by atoms with van der Waals surface area (Å²) in [5.41, 5.74) is 2.97. The van der Waals surface area contributed by atoms with Crippen molar-refractivity contribution in [2.45, 2.75) is 25.8 Å². The van der Waals surface area contributed by atoms with Crippen molar-refractivity contribution in [1.82, 2.24) is 23.8 Å². The number of nitrogens with zero attached hydrogens (tertiary/aromatic N) is 4. The number of aryl methyl sites for hydroxylation is 1. The number of nitrogens with one attached hydrogen (secondary N) is 1. The predicted molar refractivity (Wildman–Crippen MR) is 118 cm³/mol. The van der Waals surface area contributed by atoms with E-state index in [2.05, 4.69) is 38.7 Å². The van der Waals surface area contributed by atoms with Crippen molar-refractivity contribution < 1.29 is 8.42 Å². The van der Waals surface area contributed by atoms with Crippen molar-refractivity contribution in [2.24, 2.45) is 5.92 Å². The second kappa shape index (κ2) is 7.52. The Labute approximate surface area is 175 Å². The van der Waals surface area contributed by atoms with E-state index in [9.17, 15) is 8.42 Å². The molecule has 0 radical (unpaired) electrons. The van der Waals surface area contributed by atoms with Gasteiger partial charge in [0.2, 0.25) is 10.0 Å². The lowest BCUT2D eigenvalue weighted by Gasteiger charge is -2.37. The summed E-state index contributed by atoms with van der Waals surface area (Å²) < 4.78 is 30.1. The largest absolute Gasteiger partial charge is 0.346 e. The predicted octanol–water partition coefficient (Wildman–Crippen LogP) is 3.37. The highest BCUT2D eigenvalue weighted by atomic mass is 32.2. The molecule has 4 aromatic heterocycles. The minimum atomic E-state index is -3.33. The van der Waals surface area contributed by atoms with E-state index < -0.39 is 10.0 Å². The molecule has 1 aliphatic rings. The van der Waals surface area contributed by atoms with Crippen LogP contribution in [0.1, 0.15) is 24.9 Å². The number of rotatable bonds is 5. The smallest absolute Gasteiger partial charge is 0.214 e. The van der Waals surface area contributed by atoms with E-state index in [1.807, 2.05) is 30.6 Å². The van der Waals surface area contributed by atoms with E-state index in [0.717, 1.165) is 33.9 Å². The summed E-state index contributed by atoms with van der Waals surface area (Å²) in [5.74, 6) is 0.505. The van der Waals surface area contributed by atoms with E-state index in [1.165, 1.54) is 0 Å². The molecule has 0 spiro atoms. The van der Waals surface area contributed by atoms with Gasteiger partial charge >= 0.3 is 0 Å². The molecule has 5 rings (SSSR count). The highest BCUT2D eigenvalue weighted by molar-refractivity contribution is 7.89. The summed E-state index contributed by atoms with van der Waals surface area (Å²) in [6.45, 7) is 3.29. The summed E-state index contributed by atoms with van der Waals surface area (Å²) in [4.78, 5) is 11.6. The Morgan fingerprint density at radius 2 is 2.03 bits per heavy atom. The van der Waals surface area contributed by atoms with Crippen LogP contribution in [0.4, 0.5) is 0 Å². The standard InChI is InChI=1S/C22H25N5O2S/c1-16-5-11-26(30(28,29)13-7-17-2-8-23-9-3-17)15-20(16)27-12-6-18-14-25-22-19(21(18)27)4-10-24-22/h2-4,6,8-10,12,14,16,20H,5,7,11,13,15H2,1H3,(H,24,25)/t16-,20+/m1/s1. The third-order valence-corrected chi connectivity index (χ3v) is 8.13. The van der Waals surface area contributed by atoms with Gasteiger partial charge in [0.25, 0.3) is 0 Å². The lowest BCUT2D eigenvalue weighted by atomic mass is 9.94. The van der Waals surface area contributed by atoms with Crippen molar-refractivity contribution in [3.8, 4) is 0 Å². The molecule has 156 valence electrons. The zero-order valence-electron chi connectivity index (χ0n) is 16.9. The molecule has 2 atom stereocenters. The van der Waals surface area contributed by atoms with Crippen LogP contribution in [0.5, 0.6) is 0 Å².